The molecule has 0 atom stereocenters. The average molecular weight is 164 g/mol. The first kappa shape index (κ1) is 9.11. The molecule has 66 valence electrons. The highest BCUT2D eigenvalue weighted by atomic mass is 16.5. The lowest BCUT2D eigenvalue weighted by Gasteiger charge is -2.16. The first-order valence-electron chi connectivity index (χ1n) is 4.50. The highest BCUT2D eigenvalue weighted by Crippen LogP contribution is 2.20. The van der Waals surface area contributed by atoms with Gasteiger partial charge in [-0.1, -0.05) is 18.2 Å². The third kappa shape index (κ3) is 2.26. The Labute approximate surface area is 74.4 Å². The van der Waals surface area contributed by atoms with E-state index in [9.17, 15) is 0 Å². The quantitative estimate of drug-likeness (QED) is 0.609. The van der Waals surface area contributed by atoms with Crippen LogP contribution in [0.25, 0.3) is 0 Å². The van der Waals surface area contributed by atoms with E-state index < -0.39 is 0 Å². The van der Waals surface area contributed by atoms with Crippen molar-refractivity contribution in [2.75, 3.05) is 6.61 Å². The molecule has 0 aromatic heterocycles. The Kier molecular flexibility index (Phi) is 3.65. The molecule has 1 heterocycles. The second-order valence-corrected chi connectivity index (χ2v) is 2.84. The molecule has 0 fully saturated rings. The molecule has 1 aliphatic rings. The van der Waals surface area contributed by atoms with Crippen LogP contribution < -0.4 is 0 Å². The van der Waals surface area contributed by atoms with Crippen molar-refractivity contribution in [3.05, 3.63) is 35.6 Å². The third-order valence-electron chi connectivity index (χ3n) is 1.85. The third-order valence-corrected chi connectivity index (χ3v) is 1.85. The van der Waals surface area contributed by atoms with Gasteiger partial charge < -0.3 is 4.74 Å². The van der Waals surface area contributed by atoms with Crippen LogP contribution >= 0.6 is 0 Å². The summed E-state index contributed by atoms with van der Waals surface area (Å²) in [5, 5.41) is 0. The van der Waals surface area contributed by atoms with E-state index in [-0.39, 0.29) is 0 Å². The molecule has 0 radical (unpaired) electrons. The Morgan fingerprint density at radius 2 is 1.92 bits per heavy atom. The normalized spacial score (nSPS) is 19.2. The maximum absolute atomic E-state index is 5.53. The monoisotopic (exact) mass is 164 g/mol. The minimum atomic E-state index is 0.862. The lowest BCUT2D eigenvalue weighted by Crippen LogP contribution is -2.03. The van der Waals surface area contributed by atoms with Crippen LogP contribution in [-0.4, -0.2) is 6.61 Å². The Morgan fingerprint density at radius 1 is 1.17 bits per heavy atom. The van der Waals surface area contributed by atoms with E-state index in [0.29, 0.717) is 0 Å². The van der Waals surface area contributed by atoms with E-state index >= 15 is 0 Å². The summed E-state index contributed by atoms with van der Waals surface area (Å²) in [4.78, 5) is 0. The van der Waals surface area contributed by atoms with Gasteiger partial charge in [-0.15, -0.1) is 0 Å². The molecule has 0 bridgehead atoms. The van der Waals surface area contributed by atoms with Gasteiger partial charge in [-0.25, -0.2) is 0 Å². The van der Waals surface area contributed by atoms with Crippen LogP contribution in [0.3, 0.4) is 0 Å². The summed E-state index contributed by atoms with van der Waals surface area (Å²) < 4.78 is 5.53. The van der Waals surface area contributed by atoms with Gasteiger partial charge in [-0.2, -0.15) is 0 Å². The summed E-state index contributed by atoms with van der Waals surface area (Å²) in [7, 11) is 0. The van der Waals surface area contributed by atoms with Gasteiger partial charge in [-0.3, -0.25) is 0 Å². The molecule has 0 saturated heterocycles. The van der Waals surface area contributed by atoms with E-state index in [2.05, 4.69) is 12.2 Å². The van der Waals surface area contributed by atoms with Crippen LogP contribution in [0.2, 0.25) is 0 Å². The van der Waals surface area contributed by atoms with Crippen molar-refractivity contribution >= 4 is 0 Å². The number of allylic oxidation sites excluding steroid dienone is 5. The van der Waals surface area contributed by atoms with Crippen LogP contribution in [0.4, 0.5) is 0 Å². The maximum Gasteiger partial charge on any atom is 0.122 e. The molecule has 0 aromatic carbocycles. The smallest absolute Gasteiger partial charge is 0.122 e. The molecule has 0 unspecified atom stereocenters. The van der Waals surface area contributed by atoms with Crippen LogP contribution in [0.15, 0.2) is 35.6 Å². The zero-order valence-corrected chi connectivity index (χ0v) is 7.84. The second-order valence-electron chi connectivity index (χ2n) is 2.84. The summed E-state index contributed by atoms with van der Waals surface area (Å²) in [6.07, 6.45) is 10.5. The highest BCUT2D eigenvalue weighted by molar-refractivity contribution is 5.30. The van der Waals surface area contributed by atoms with E-state index in [1.165, 1.54) is 5.57 Å². The summed E-state index contributed by atoms with van der Waals surface area (Å²) in [5.41, 5.74) is 1.32. The van der Waals surface area contributed by atoms with Crippen molar-refractivity contribution in [2.24, 2.45) is 0 Å². The summed E-state index contributed by atoms with van der Waals surface area (Å²) in [6, 6.07) is 0. The van der Waals surface area contributed by atoms with Crippen molar-refractivity contribution in [1.29, 1.82) is 0 Å². The van der Waals surface area contributed by atoms with Crippen molar-refractivity contribution in [3.8, 4) is 0 Å². The largest absolute Gasteiger partial charge is 0.493 e. The molecular formula is C11H16O. The fourth-order valence-electron chi connectivity index (χ4n) is 1.33. The Hall–Kier alpha value is -0.980. The van der Waals surface area contributed by atoms with Crippen LogP contribution in [0, 0.1) is 0 Å². The van der Waals surface area contributed by atoms with Crippen LogP contribution in [0.1, 0.15) is 26.7 Å². The number of rotatable bonds is 2. The van der Waals surface area contributed by atoms with Gasteiger partial charge in [0.1, 0.15) is 5.76 Å². The number of hydrogen-bond acceptors (Lipinski definition) is 1. The number of hydrogen-bond donors (Lipinski definition) is 0. The molecule has 0 amide bonds. The van der Waals surface area contributed by atoms with Gasteiger partial charge in [0.25, 0.3) is 0 Å². The highest BCUT2D eigenvalue weighted by Gasteiger charge is 2.07. The number of ether oxygens (including phenoxy) is 1. The standard InChI is InChI=1S/C11H16O/c1-3-6-10-8-5-9-12-11(10)7-4-2/h3-4,6-7H,5,8-9H2,1-2H3/b6-3-,7-4-. The van der Waals surface area contributed by atoms with Crippen molar-refractivity contribution in [2.45, 2.75) is 26.7 Å². The van der Waals surface area contributed by atoms with Gasteiger partial charge in [0.2, 0.25) is 0 Å². The fraction of sp³-hybridized carbons (Fsp3) is 0.455. The predicted octanol–water partition coefficient (Wildman–Crippen LogP) is 3.20. The first-order chi connectivity index (χ1) is 5.88. The first-order valence-corrected chi connectivity index (χ1v) is 4.50. The molecule has 0 aliphatic carbocycles. The summed E-state index contributed by atoms with van der Waals surface area (Å²) in [6.45, 7) is 4.91. The summed E-state index contributed by atoms with van der Waals surface area (Å²) in [5.74, 6) is 1.04. The van der Waals surface area contributed by atoms with E-state index in [1.807, 2.05) is 26.0 Å². The summed E-state index contributed by atoms with van der Waals surface area (Å²) >= 11 is 0. The van der Waals surface area contributed by atoms with Gasteiger partial charge >= 0.3 is 0 Å². The van der Waals surface area contributed by atoms with Gasteiger partial charge in [0, 0.05) is 0 Å². The van der Waals surface area contributed by atoms with E-state index in [4.69, 9.17) is 4.74 Å². The van der Waals surface area contributed by atoms with Crippen molar-refractivity contribution < 1.29 is 4.74 Å². The van der Waals surface area contributed by atoms with Crippen LogP contribution in [0.5, 0.6) is 0 Å². The maximum atomic E-state index is 5.53. The molecule has 0 N–H and O–H groups in total. The fourth-order valence-corrected chi connectivity index (χ4v) is 1.33. The zero-order chi connectivity index (χ0) is 8.81. The van der Waals surface area contributed by atoms with Crippen molar-refractivity contribution in [3.63, 3.8) is 0 Å². The Bertz CT molecular complexity index is 197. The SMILES string of the molecule is C/C=C\C1=C(/C=C\C)OCCC1. The lowest BCUT2D eigenvalue weighted by molar-refractivity contribution is 0.201. The minimum absolute atomic E-state index is 0.862. The van der Waals surface area contributed by atoms with Gasteiger partial charge in [0.05, 0.1) is 6.61 Å². The Morgan fingerprint density at radius 3 is 2.58 bits per heavy atom. The minimum Gasteiger partial charge on any atom is -0.493 e. The molecule has 1 rings (SSSR count). The molecule has 1 heteroatoms. The van der Waals surface area contributed by atoms with Crippen molar-refractivity contribution in [1.82, 2.24) is 0 Å². The lowest BCUT2D eigenvalue weighted by atomic mass is 10.1. The second kappa shape index (κ2) is 4.81. The Balaban J connectivity index is 2.82. The topological polar surface area (TPSA) is 9.23 Å². The molecule has 0 aromatic rings. The molecule has 12 heavy (non-hydrogen) atoms. The van der Waals surface area contributed by atoms with E-state index in [1.54, 1.807) is 0 Å². The molecular weight excluding hydrogens is 148 g/mol. The van der Waals surface area contributed by atoms with E-state index in [0.717, 1.165) is 25.2 Å². The molecule has 0 saturated carbocycles. The zero-order valence-electron chi connectivity index (χ0n) is 7.84. The predicted molar refractivity (Wildman–Crippen MR) is 51.8 cm³/mol. The molecule has 1 nitrogen and oxygen atoms in total. The molecule has 1 aliphatic heterocycles. The van der Waals surface area contributed by atoms with Crippen LogP contribution in [-0.2, 0) is 4.74 Å². The van der Waals surface area contributed by atoms with Gasteiger partial charge in [0.15, 0.2) is 0 Å². The van der Waals surface area contributed by atoms with Gasteiger partial charge in [-0.05, 0) is 38.3 Å². The molecule has 0 spiro atoms. The average Bonchev–Trinajstić information content (AvgIpc) is 2.09.